The molecule has 1 amide bonds. The first-order chi connectivity index (χ1) is 14.2. The van der Waals surface area contributed by atoms with E-state index in [-0.39, 0.29) is 36.9 Å². The van der Waals surface area contributed by atoms with Gasteiger partial charge in [-0.05, 0) is 57.7 Å². The standard InChI is InChI=1S/C23H32ClNO5/c1-5-23(3,4)30-22(26)25-16-7-8-17(25)13-18(12-16)29-20-9-6-15(10-19(20)24)11-21-27-14(2)28-21/h6,9-10,14,16-18,21H,5,7-8,11-13H2,1-4H3/t14?,16-,17+,18?,21?. The number of piperidine rings is 1. The van der Waals surface area contributed by atoms with E-state index in [0.29, 0.717) is 17.2 Å². The highest BCUT2D eigenvalue weighted by Gasteiger charge is 2.45. The van der Waals surface area contributed by atoms with E-state index in [4.69, 9.17) is 30.5 Å². The van der Waals surface area contributed by atoms with Crippen LogP contribution in [0.25, 0.3) is 0 Å². The van der Waals surface area contributed by atoms with Gasteiger partial charge in [0.15, 0.2) is 12.6 Å². The van der Waals surface area contributed by atoms with Gasteiger partial charge in [-0.25, -0.2) is 4.79 Å². The van der Waals surface area contributed by atoms with Gasteiger partial charge in [0.05, 0.1) is 5.02 Å². The van der Waals surface area contributed by atoms with E-state index in [9.17, 15) is 4.79 Å². The highest BCUT2D eigenvalue weighted by atomic mass is 35.5. The number of hydrogen-bond donors (Lipinski definition) is 0. The molecule has 166 valence electrons. The summed E-state index contributed by atoms with van der Waals surface area (Å²) in [6.45, 7) is 7.82. The summed E-state index contributed by atoms with van der Waals surface area (Å²) in [5.74, 6) is 0.691. The lowest BCUT2D eigenvalue weighted by molar-refractivity contribution is -0.374. The molecular weight excluding hydrogens is 406 g/mol. The summed E-state index contributed by atoms with van der Waals surface area (Å²) in [6.07, 6.45) is 4.61. The molecule has 0 radical (unpaired) electrons. The number of carbonyl (C=O) groups is 1. The minimum absolute atomic E-state index is 0.0493. The molecule has 7 heteroatoms. The van der Waals surface area contributed by atoms with Crippen molar-refractivity contribution in [2.75, 3.05) is 0 Å². The first kappa shape index (κ1) is 21.7. The Balaban J connectivity index is 1.34. The summed E-state index contributed by atoms with van der Waals surface area (Å²) in [4.78, 5) is 14.7. The summed E-state index contributed by atoms with van der Waals surface area (Å²) < 4.78 is 23.0. The Morgan fingerprint density at radius 1 is 1.23 bits per heavy atom. The van der Waals surface area contributed by atoms with Crippen molar-refractivity contribution in [3.63, 3.8) is 0 Å². The predicted molar refractivity (Wildman–Crippen MR) is 114 cm³/mol. The molecule has 3 aliphatic heterocycles. The fourth-order valence-corrected chi connectivity index (χ4v) is 4.80. The number of ether oxygens (including phenoxy) is 4. The van der Waals surface area contributed by atoms with Gasteiger partial charge >= 0.3 is 6.09 Å². The number of benzene rings is 1. The molecule has 2 bridgehead atoms. The maximum Gasteiger partial charge on any atom is 0.410 e. The van der Waals surface area contributed by atoms with Gasteiger partial charge in [0.2, 0.25) is 0 Å². The summed E-state index contributed by atoms with van der Waals surface area (Å²) in [5, 5.41) is 0.596. The molecule has 1 aromatic carbocycles. The normalized spacial score (nSPS) is 30.7. The van der Waals surface area contributed by atoms with Crippen molar-refractivity contribution < 1.29 is 23.7 Å². The highest BCUT2D eigenvalue weighted by Crippen LogP contribution is 2.39. The zero-order valence-electron chi connectivity index (χ0n) is 18.2. The third-order valence-corrected chi connectivity index (χ3v) is 6.79. The minimum atomic E-state index is -0.438. The largest absolute Gasteiger partial charge is 0.489 e. The average molecular weight is 438 g/mol. The molecule has 3 saturated heterocycles. The highest BCUT2D eigenvalue weighted by molar-refractivity contribution is 6.32. The second-order valence-corrected chi connectivity index (χ2v) is 9.63. The molecule has 4 rings (SSSR count). The monoisotopic (exact) mass is 437 g/mol. The number of nitrogens with zero attached hydrogens (tertiary/aromatic N) is 1. The molecule has 1 aromatic rings. The number of fused-ring (bicyclic) bond motifs is 2. The quantitative estimate of drug-likeness (QED) is 0.604. The van der Waals surface area contributed by atoms with Crippen molar-refractivity contribution in [2.24, 2.45) is 0 Å². The lowest BCUT2D eigenvalue weighted by Gasteiger charge is -2.39. The maximum atomic E-state index is 12.7. The molecule has 0 spiro atoms. The molecule has 30 heavy (non-hydrogen) atoms. The van der Waals surface area contributed by atoms with Crippen LogP contribution in [-0.2, 0) is 20.6 Å². The molecule has 3 aliphatic rings. The van der Waals surface area contributed by atoms with E-state index in [1.54, 1.807) is 0 Å². The van der Waals surface area contributed by atoms with Gasteiger partial charge in [-0.1, -0.05) is 24.6 Å². The van der Waals surface area contributed by atoms with Crippen LogP contribution < -0.4 is 4.74 Å². The Morgan fingerprint density at radius 3 is 2.47 bits per heavy atom. The van der Waals surface area contributed by atoms with Gasteiger partial charge in [-0.15, -0.1) is 0 Å². The third kappa shape index (κ3) is 4.71. The first-order valence-electron chi connectivity index (χ1n) is 11.0. The van der Waals surface area contributed by atoms with Crippen molar-refractivity contribution >= 4 is 17.7 Å². The van der Waals surface area contributed by atoms with Crippen LogP contribution in [0.15, 0.2) is 18.2 Å². The second-order valence-electron chi connectivity index (χ2n) is 9.22. The van der Waals surface area contributed by atoms with Gasteiger partial charge in [-0.2, -0.15) is 0 Å². The third-order valence-electron chi connectivity index (χ3n) is 6.49. The van der Waals surface area contributed by atoms with Crippen LogP contribution in [0.5, 0.6) is 5.75 Å². The van der Waals surface area contributed by atoms with Crippen LogP contribution in [0.4, 0.5) is 4.79 Å². The van der Waals surface area contributed by atoms with E-state index >= 15 is 0 Å². The van der Waals surface area contributed by atoms with E-state index in [1.165, 1.54) is 0 Å². The fourth-order valence-electron chi connectivity index (χ4n) is 4.56. The number of amides is 1. The van der Waals surface area contributed by atoms with Crippen molar-refractivity contribution in [2.45, 2.75) is 103 Å². The molecule has 1 unspecified atom stereocenters. The summed E-state index contributed by atoms with van der Waals surface area (Å²) in [6, 6.07) is 6.18. The van der Waals surface area contributed by atoms with E-state index < -0.39 is 5.60 Å². The smallest absolute Gasteiger partial charge is 0.410 e. The summed E-state index contributed by atoms with van der Waals surface area (Å²) >= 11 is 6.49. The van der Waals surface area contributed by atoms with Crippen LogP contribution in [0.2, 0.25) is 5.02 Å². The van der Waals surface area contributed by atoms with Gasteiger partial charge in [0, 0.05) is 31.3 Å². The molecule has 0 aromatic heterocycles. The van der Waals surface area contributed by atoms with Crippen LogP contribution in [-0.4, -0.2) is 47.4 Å². The van der Waals surface area contributed by atoms with E-state index in [2.05, 4.69) is 0 Å². The van der Waals surface area contributed by atoms with Gasteiger partial charge in [-0.3, -0.25) is 0 Å². The Bertz CT molecular complexity index is 765. The Hall–Kier alpha value is -1.50. The molecule has 3 atom stereocenters. The Morgan fingerprint density at radius 2 is 1.90 bits per heavy atom. The van der Waals surface area contributed by atoms with Crippen LogP contribution >= 0.6 is 11.6 Å². The lowest BCUT2D eigenvalue weighted by atomic mass is 10.00. The lowest BCUT2D eigenvalue weighted by Crippen LogP contribution is -2.51. The number of hydrogen-bond acceptors (Lipinski definition) is 5. The average Bonchev–Trinajstić information content (AvgIpc) is 2.93. The van der Waals surface area contributed by atoms with E-state index in [0.717, 1.165) is 37.7 Å². The molecular formula is C23H32ClNO5. The van der Waals surface area contributed by atoms with Crippen molar-refractivity contribution in [3.8, 4) is 5.75 Å². The number of rotatable bonds is 6. The fraction of sp³-hybridized carbons (Fsp3) is 0.696. The van der Waals surface area contributed by atoms with Crippen molar-refractivity contribution in [3.05, 3.63) is 28.8 Å². The van der Waals surface area contributed by atoms with E-state index in [1.807, 2.05) is 50.8 Å². The zero-order valence-corrected chi connectivity index (χ0v) is 19.0. The minimum Gasteiger partial charge on any atom is -0.489 e. The molecule has 0 saturated carbocycles. The molecule has 3 fully saturated rings. The first-order valence-corrected chi connectivity index (χ1v) is 11.4. The van der Waals surface area contributed by atoms with Gasteiger partial charge in [0.25, 0.3) is 0 Å². The SMILES string of the molecule is CCC(C)(C)OC(=O)N1[C@@H]2CC[C@H]1CC(Oc1ccc(CC3OC(C)O3)cc1Cl)C2. The number of carbonyl (C=O) groups excluding carboxylic acids is 1. The molecule has 6 nitrogen and oxygen atoms in total. The van der Waals surface area contributed by atoms with Crippen LogP contribution in [0.1, 0.15) is 65.4 Å². The van der Waals surface area contributed by atoms with Gasteiger partial charge < -0.3 is 23.8 Å². The molecule has 3 heterocycles. The molecule has 0 N–H and O–H groups in total. The van der Waals surface area contributed by atoms with Crippen LogP contribution in [0.3, 0.4) is 0 Å². The van der Waals surface area contributed by atoms with Gasteiger partial charge in [0.1, 0.15) is 17.5 Å². The maximum absolute atomic E-state index is 12.7. The number of halogens is 1. The van der Waals surface area contributed by atoms with Crippen molar-refractivity contribution in [1.29, 1.82) is 0 Å². The zero-order chi connectivity index (χ0) is 21.5. The summed E-state index contributed by atoms with van der Waals surface area (Å²) in [5.41, 5.74) is 0.618. The predicted octanol–water partition coefficient (Wildman–Crippen LogP) is 5.30. The molecule has 0 aliphatic carbocycles. The van der Waals surface area contributed by atoms with Crippen LogP contribution in [0, 0.1) is 0 Å². The van der Waals surface area contributed by atoms with Crippen molar-refractivity contribution in [1.82, 2.24) is 4.90 Å². The Kier molecular flexibility index (Phi) is 6.20. The second kappa shape index (κ2) is 8.56. The topological polar surface area (TPSA) is 57.2 Å². The summed E-state index contributed by atoms with van der Waals surface area (Å²) in [7, 11) is 0. The Labute approximate surface area is 183 Å².